The molecule has 0 aliphatic carbocycles. The monoisotopic (exact) mass is 223 g/mol. The Balaban J connectivity index is 1.92. The molecule has 0 radical (unpaired) electrons. The van der Waals surface area contributed by atoms with Crippen molar-refractivity contribution >= 4 is 11.8 Å². The molecule has 1 aliphatic heterocycles. The van der Waals surface area contributed by atoms with Crippen molar-refractivity contribution in [3.05, 3.63) is 12.1 Å². The van der Waals surface area contributed by atoms with Crippen LogP contribution in [0, 0.1) is 6.92 Å². The van der Waals surface area contributed by atoms with Gasteiger partial charge in [-0.1, -0.05) is 6.92 Å². The Labute approximate surface area is 95.0 Å². The molecule has 0 spiro atoms. The number of hydrogen-bond donors (Lipinski definition) is 0. The number of anilines is 1. The van der Waals surface area contributed by atoms with E-state index in [1.807, 2.05) is 18.7 Å². The van der Waals surface area contributed by atoms with Crippen LogP contribution in [-0.2, 0) is 4.79 Å². The highest BCUT2D eigenvalue weighted by atomic mass is 16.4. The predicted octanol–water partition coefficient (Wildman–Crippen LogP) is 1.04. The first-order valence-corrected chi connectivity index (χ1v) is 5.66. The molecule has 0 saturated carbocycles. The number of hydrogen-bond acceptors (Lipinski definition) is 4. The second-order valence-corrected chi connectivity index (χ2v) is 3.94. The lowest BCUT2D eigenvalue weighted by atomic mass is 10.3. The van der Waals surface area contributed by atoms with Gasteiger partial charge < -0.3 is 14.2 Å². The zero-order chi connectivity index (χ0) is 11.5. The Morgan fingerprint density at radius 3 is 2.62 bits per heavy atom. The van der Waals surface area contributed by atoms with Gasteiger partial charge in [-0.2, -0.15) is 0 Å². The highest BCUT2D eigenvalue weighted by Gasteiger charge is 2.21. The van der Waals surface area contributed by atoms with Crippen LogP contribution in [0.5, 0.6) is 0 Å². The van der Waals surface area contributed by atoms with Crippen molar-refractivity contribution < 1.29 is 9.21 Å². The van der Waals surface area contributed by atoms with E-state index < -0.39 is 0 Å². The van der Waals surface area contributed by atoms with Gasteiger partial charge in [0.25, 0.3) is 0 Å². The Kier molecular flexibility index (Phi) is 3.12. The summed E-state index contributed by atoms with van der Waals surface area (Å²) in [4.78, 5) is 19.6. The van der Waals surface area contributed by atoms with E-state index in [0.717, 1.165) is 32.1 Å². The number of carbonyl (C=O) groups is 1. The predicted molar refractivity (Wildman–Crippen MR) is 60.3 cm³/mol. The SMILES string of the molecule is CCC(=O)N1CCN(c2cnc(C)o2)CC1. The molecule has 88 valence electrons. The normalized spacial score (nSPS) is 16.6. The van der Waals surface area contributed by atoms with Crippen LogP contribution in [0.25, 0.3) is 0 Å². The van der Waals surface area contributed by atoms with Gasteiger partial charge >= 0.3 is 0 Å². The third kappa shape index (κ3) is 2.18. The van der Waals surface area contributed by atoms with Crippen LogP contribution in [0.4, 0.5) is 5.88 Å². The summed E-state index contributed by atoms with van der Waals surface area (Å²) in [6.07, 6.45) is 2.33. The molecule has 5 nitrogen and oxygen atoms in total. The highest BCUT2D eigenvalue weighted by Crippen LogP contribution is 2.17. The summed E-state index contributed by atoms with van der Waals surface area (Å²) in [7, 11) is 0. The number of piperazine rings is 1. The van der Waals surface area contributed by atoms with Crippen molar-refractivity contribution in [1.29, 1.82) is 0 Å². The maximum absolute atomic E-state index is 11.5. The number of aromatic nitrogens is 1. The van der Waals surface area contributed by atoms with Crippen LogP contribution in [0.3, 0.4) is 0 Å². The average molecular weight is 223 g/mol. The summed E-state index contributed by atoms with van der Waals surface area (Å²) in [6.45, 7) is 6.91. The van der Waals surface area contributed by atoms with Crippen LogP contribution in [0.1, 0.15) is 19.2 Å². The summed E-state index contributed by atoms with van der Waals surface area (Å²) >= 11 is 0. The van der Waals surface area contributed by atoms with Crippen molar-refractivity contribution in [2.75, 3.05) is 31.1 Å². The average Bonchev–Trinajstić information content (AvgIpc) is 2.75. The molecule has 0 atom stereocenters. The van der Waals surface area contributed by atoms with Gasteiger partial charge in [-0.3, -0.25) is 4.79 Å². The van der Waals surface area contributed by atoms with Crippen LogP contribution in [-0.4, -0.2) is 42.0 Å². The van der Waals surface area contributed by atoms with E-state index >= 15 is 0 Å². The molecular formula is C11H17N3O2. The van der Waals surface area contributed by atoms with Crippen molar-refractivity contribution in [1.82, 2.24) is 9.88 Å². The van der Waals surface area contributed by atoms with Gasteiger partial charge in [0.05, 0.1) is 6.20 Å². The Bertz CT molecular complexity index is 367. The zero-order valence-electron chi connectivity index (χ0n) is 9.77. The summed E-state index contributed by atoms with van der Waals surface area (Å²) in [6, 6.07) is 0. The molecule has 0 aromatic carbocycles. The van der Waals surface area contributed by atoms with E-state index in [-0.39, 0.29) is 5.91 Å². The minimum atomic E-state index is 0.230. The van der Waals surface area contributed by atoms with E-state index in [4.69, 9.17) is 4.42 Å². The lowest BCUT2D eigenvalue weighted by Gasteiger charge is -2.34. The van der Waals surface area contributed by atoms with Crippen molar-refractivity contribution in [3.8, 4) is 0 Å². The number of amides is 1. The van der Waals surface area contributed by atoms with Gasteiger partial charge in [-0.15, -0.1) is 0 Å². The van der Waals surface area contributed by atoms with E-state index in [9.17, 15) is 4.79 Å². The van der Waals surface area contributed by atoms with Crippen LogP contribution < -0.4 is 4.90 Å². The quantitative estimate of drug-likeness (QED) is 0.751. The minimum absolute atomic E-state index is 0.230. The van der Waals surface area contributed by atoms with Gasteiger partial charge in [0.2, 0.25) is 11.8 Å². The Morgan fingerprint density at radius 2 is 2.12 bits per heavy atom. The number of rotatable bonds is 2. The van der Waals surface area contributed by atoms with E-state index in [0.29, 0.717) is 12.3 Å². The van der Waals surface area contributed by atoms with Crippen LogP contribution in [0.15, 0.2) is 10.6 Å². The number of aryl methyl sites for hydroxylation is 1. The van der Waals surface area contributed by atoms with Gasteiger partial charge in [0.1, 0.15) is 0 Å². The molecule has 1 aromatic heterocycles. The summed E-state index contributed by atoms with van der Waals surface area (Å²) < 4.78 is 5.46. The Morgan fingerprint density at radius 1 is 1.44 bits per heavy atom. The summed E-state index contributed by atoms with van der Waals surface area (Å²) in [5, 5.41) is 0. The third-order valence-electron chi connectivity index (χ3n) is 2.86. The fourth-order valence-electron chi connectivity index (χ4n) is 1.90. The first kappa shape index (κ1) is 11.0. The van der Waals surface area contributed by atoms with Crippen molar-refractivity contribution in [3.63, 3.8) is 0 Å². The first-order chi connectivity index (χ1) is 7.70. The molecule has 1 fully saturated rings. The molecule has 0 N–H and O–H groups in total. The molecular weight excluding hydrogens is 206 g/mol. The molecule has 2 rings (SSSR count). The molecule has 0 bridgehead atoms. The summed E-state index contributed by atoms with van der Waals surface area (Å²) in [5.41, 5.74) is 0. The maximum atomic E-state index is 11.5. The molecule has 2 heterocycles. The second-order valence-electron chi connectivity index (χ2n) is 3.94. The molecule has 1 aromatic rings. The zero-order valence-corrected chi connectivity index (χ0v) is 9.77. The maximum Gasteiger partial charge on any atom is 0.222 e. The smallest absolute Gasteiger partial charge is 0.222 e. The topological polar surface area (TPSA) is 49.6 Å². The minimum Gasteiger partial charge on any atom is -0.425 e. The number of carbonyl (C=O) groups excluding carboxylic acids is 1. The highest BCUT2D eigenvalue weighted by molar-refractivity contribution is 5.76. The number of nitrogens with zero attached hydrogens (tertiary/aromatic N) is 3. The van der Waals surface area contributed by atoms with E-state index in [1.54, 1.807) is 6.20 Å². The van der Waals surface area contributed by atoms with Crippen LogP contribution in [0.2, 0.25) is 0 Å². The second kappa shape index (κ2) is 4.55. The van der Waals surface area contributed by atoms with Crippen LogP contribution >= 0.6 is 0 Å². The molecule has 1 saturated heterocycles. The van der Waals surface area contributed by atoms with Gasteiger partial charge in [0, 0.05) is 39.5 Å². The molecule has 1 aliphatic rings. The Hall–Kier alpha value is -1.52. The van der Waals surface area contributed by atoms with Crippen molar-refractivity contribution in [2.45, 2.75) is 20.3 Å². The molecule has 1 amide bonds. The fraction of sp³-hybridized carbons (Fsp3) is 0.636. The fourth-order valence-corrected chi connectivity index (χ4v) is 1.90. The largest absolute Gasteiger partial charge is 0.425 e. The van der Waals surface area contributed by atoms with Gasteiger partial charge in [-0.05, 0) is 0 Å². The standard InChI is InChI=1S/C11H17N3O2/c1-3-10(15)13-4-6-14(7-5-13)11-8-12-9(2)16-11/h8H,3-7H2,1-2H3. The summed E-state index contributed by atoms with van der Waals surface area (Å²) in [5.74, 6) is 1.72. The number of oxazole rings is 1. The van der Waals surface area contributed by atoms with E-state index in [1.165, 1.54) is 0 Å². The van der Waals surface area contributed by atoms with E-state index in [2.05, 4.69) is 9.88 Å². The lowest BCUT2D eigenvalue weighted by Crippen LogP contribution is -2.48. The van der Waals surface area contributed by atoms with Gasteiger partial charge in [-0.25, -0.2) is 4.98 Å². The molecule has 5 heteroatoms. The lowest BCUT2D eigenvalue weighted by molar-refractivity contribution is -0.131. The van der Waals surface area contributed by atoms with Gasteiger partial charge in [0.15, 0.2) is 5.89 Å². The molecule has 16 heavy (non-hydrogen) atoms. The third-order valence-corrected chi connectivity index (χ3v) is 2.86. The first-order valence-electron chi connectivity index (χ1n) is 5.66. The molecule has 0 unspecified atom stereocenters. The van der Waals surface area contributed by atoms with Crippen molar-refractivity contribution in [2.24, 2.45) is 0 Å².